The number of rotatable bonds is 0. The third-order valence-corrected chi connectivity index (χ3v) is 7.57. The maximum Gasteiger partial charge on any atom is 0.417 e. The van der Waals surface area contributed by atoms with Crippen LogP contribution in [0, 0.1) is 104 Å². The zero-order valence-corrected chi connectivity index (χ0v) is 32.7. The molecule has 7 nitrogen and oxygen atoms in total. The maximum absolute atomic E-state index is 12.5. The van der Waals surface area contributed by atoms with Gasteiger partial charge < -0.3 is 0 Å². The van der Waals surface area contributed by atoms with Crippen LogP contribution in [0.2, 0.25) is 0 Å². The second kappa shape index (κ2) is 22.7. The number of benzene rings is 5. The summed E-state index contributed by atoms with van der Waals surface area (Å²) in [6, 6.07) is 30.9. The predicted molar refractivity (Wildman–Crippen MR) is 207 cm³/mol. The SMILES string of the molecule is Cc1cc(C(F)(F)F)c(C#N)c(C(F)(F)F)c1.Cc1ccc(C#N)c(C(F)(F)F)c1.Cc1ccc(C#N)cc1.[C-]#[N+]c1cc(C#N)ccc1C.[C-]#[N+]c1cc(C)cc(C#N)c1. The molecule has 0 aromatic heterocycles. The zero-order valence-electron chi connectivity index (χ0n) is 32.7. The number of aryl methyl sites for hydroxylation is 5. The summed E-state index contributed by atoms with van der Waals surface area (Å²) in [5, 5.41) is 42.3. The molecule has 0 heterocycles. The van der Waals surface area contributed by atoms with Crippen LogP contribution < -0.4 is 0 Å². The summed E-state index contributed by atoms with van der Waals surface area (Å²) in [7, 11) is 0. The quantitative estimate of drug-likeness (QED) is 0.113. The molecule has 0 saturated carbocycles. The highest BCUT2D eigenvalue weighted by atomic mass is 19.4. The number of halogens is 9. The van der Waals surface area contributed by atoms with Gasteiger partial charge in [-0.05, 0) is 106 Å². The Morgan fingerprint density at radius 1 is 0.426 bits per heavy atom. The van der Waals surface area contributed by atoms with Crippen LogP contribution in [0.3, 0.4) is 0 Å². The molecule has 0 N–H and O–H groups in total. The molecule has 0 aliphatic carbocycles. The normalized spacial score (nSPS) is 10.0. The smallest absolute Gasteiger partial charge is 0.238 e. The highest BCUT2D eigenvalue weighted by molar-refractivity contribution is 5.56. The van der Waals surface area contributed by atoms with Crippen molar-refractivity contribution in [2.24, 2.45) is 0 Å². The predicted octanol–water partition coefficient (Wildman–Crippen LogP) is 13.5. The molecule has 0 saturated heterocycles. The molecule has 0 fully saturated rings. The van der Waals surface area contributed by atoms with Gasteiger partial charge in [0.1, 0.15) is 6.07 Å². The monoisotopic (exact) mass is 839 g/mol. The summed E-state index contributed by atoms with van der Waals surface area (Å²) in [6.07, 6.45) is -14.4. The molecule has 0 bridgehead atoms. The minimum Gasteiger partial charge on any atom is -0.238 e. The number of alkyl halides is 9. The lowest BCUT2D eigenvalue weighted by Gasteiger charge is -2.15. The number of hydrogen-bond acceptors (Lipinski definition) is 5. The van der Waals surface area contributed by atoms with Gasteiger partial charge in [0, 0.05) is 11.1 Å². The molecule has 308 valence electrons. The van der Waals surface area contributed by atoms with Crippen LogP contribution in [-0.4, -0.2) is 0 Å². The molecule has 61 heavy (non-hydrogen) atoms. The molecule has 0 spiro atoms. The van der Waals surface area contributed by atoms with Crippen molar-refractivity contribution in [3.05, 3.63) is 186 Å². The minimum absolute atomic E-state index is 0.205. The third-order valence-electron chi connectivity index (χ3n) is 7.57. The molecule has 0 atom stereocenters. The topological polar surface area (TPSA) is 128 Å². The van der Waals surface area contributed by atoms with Crippen molar-refractivity contribution in [1.29, 1.82) is 26.3 Å². The second-order valence-electron chi connectivity index (χ2n) is 12.5. The van der Waals surface area contributed by atoms with Crippen molar-refractivity contribution in [3.8, 4) is 30.3 Å². The van der Waals surface area contributed by atoms with Crippen molar-refractivity contribution in [2.45, 2.75) is 53.1 Å². The minimum atomic E-state index is -4.99. The Kier molecular flexibility index (Phi) is 19.0. The number of hydrogen-bond donors (Lipinski definition) is 0. The van der Waals surface area contributed by atoms with Gasteiger partial charge in [-0.1, -0.05) is 47.0 Å². The molecule has 0 unspecified atom stereocenters. The number of nitriles is 5. The van der Waals surface area contributed by atoms with E-state index >= 15 is 0 Å². The van der Waals surface area contributed by atoms with Crippen LogP contribution >= 0.6 is 0 Å². The third kappa shape index (κ3) is 16.7. The molecular weight excluding hydrogens is 810 g/mol. The van der Waals surface area contributed by atoms with Crippen LogP contribution in [0.5, 0.6) is 0 Å². The molecule has 5 rings (SSSR count). The summed E-state index contributed by atoms with van der Waals surface area (Å²) in [6.45, 7) is 21.9. The lowest BCUT2D eigenvalue weighted by Crippen LogP contribution is -2.15. The van der Waals surface area contributed by atoms with Crippen molar-refractivity contribution >= 4 is 11.4 Å². The molecule has 5 aromatic rings. The average Bonchev–Trinajstić information content (AvgIpc) is 3.20. The van der Waals surface area contributed by atoms with Gasteiger partial charge in [0.15, 0.2) is 11.4 Å². The highest BCUT2D eigenvalue weighted by Gasteiger charge is 2.41. The molecule has 0 amide bonds. The van der Waals surface area contributed by atoms with E-state index < -0.39 is 40.8 Å². The Morgan fingerprint density at radius 2 is 0.885 bits per heavy atom. The average molecular weight is 840 g/mol. The van der Waals surface area contributed by atoms with Crippen molar-refractivity contribution in [2.75, 3.05) is 0 Å². The van der Waals surface area contributed by atoms with Crippen LogP contribution in [0.4, 0.5) is 50.9 Å². The van der Waals surface area contributed by atoms with Crippen molar-refractivity contribution in [3.63, 3.8) is 0 Å². The van der Waals surface area contributed by atoms with E-state index in [1.54, 1.807) is 43.3 Å². The number of nitrogens with zero attached hydrogens (tertiary/aromatic N) is 7. The summed E-state index contributed by atoms with van der Waals surface area (Å²) >= 11 is 0. The molecule has 0 aliphatic heterocycles. The Balaban J connectivity index is 0.000000387. The van der Waals surface area contributed by atoms with Gasteiger partial charge in [-0.2, -0.15) is 65.8 Å². The maximum atomic E-state index is 12.5. The molecule has 5 aromatic carbocycles. The standard InChI is InChI=1S/C10H5F6N.C9H6F3N.2C9H6N2.C8H7N/c1-5-2-7(9(11,12)13)6(4-17)8(3-5)10(14,15)16;1-6-2-3-7(5-13)8(4-6)9(10,11)12;1-7-3-8(6-10)5-9(4-7)11-2;1-7-3-4-8(6-10)5-9(7)11-2;1-7-2-4-8(6-9)5-3-7/h2-3H,1H3;2-4H,1H3;2*3-5H,1H3;2-5H,1H3. The largest absolute Gasteiger partial charge is 0.417 e. The fourth-order valence-corrected chi connectivity index (χ4v) is 4.66. The first kappa shape index (κ1) is 50.9. The van der Waals surface area contributed by atoms with Gasteiger partial charge >= 0.3 is 18.5 Å². The highest BCUT2D eigenvalue weighted by Crippen LogP contribution is 2.40. The lowest BCUT2D eigenvalue weighted by atomic mass is 9.98. The van der Waals surface area contributed by atoms with Gasteiger partial charge in [-0.15, -0.1) is 0 Å². The van der Waals surface area contributed by atoms with E-state index in [0.717, 1.165) is 35.7 Å². The van der Waals surface area contributed by atoms with E-state index in [0.29, 0.717) is 40.2 Å². The van der Waals surface area contributed by atoms with Crippen molar-refractivity contribution in [1.82, 2.24) is 0 Å². The molecule has 16 heteroatoms. The van der Waals surface area contributed by atoms with E-state index in [1.165, 1.54) is 23.8 Å². The summed E-state index contributed by atoms with van der Waals surface area (Å²) in [4.78, 5) is 6.52. The fourth-order valence-electron chi connectivity index (χ4n) is 4.66. The van der Waals surface area contributed by atoms with E-state index in [4.69, 9.17) is 39.5 Å². The van der Waals surface area contributed by atoms with Gasteiger partial charge in [0.05, 0.1) is 70.8 Å². The van der Waals surface area contributed by atoms with Gasteiger partial charge in [0.25, 0.3) is 0 Å². The van der Waals surface area contributed by atoms with Crippen LogP contribution in [0.25, 0.3) is 9.69 Å². The first-order valence-corrected chi connectivity index (χ1v) is 16.9. The summed E-state index contributed by atoms with van der Waals surface area (Å²) in [5.41, 5.74) is 0.533. The fraction of sp³-hybridized carbons (Fsp3) is 0.178. The van der Waals surface area contributed by atoms with Gasteiger partial charge in [-0.25, -0.2) is 9.69 Å². The van der Waals surface area contributed by atoms with Crippen LogP contribution in [0.1, 0.15) is 72.3 Å². The second-order valence-corrected chi connectivity index (χ2v) is 12.5. The Labute approximate surface area is 346 Å². The van der Waals surface area contributed by atoms with Crippen LogP contribution in [-0.2, 0) is 18.5 Å². The summed E-state index contributed by atoms with van der Waals surface area (Å²) in [5.74, 6) is 0. The van der Waals surface area contributed by atoms with E-state index in [2.05, 4.69) is 15.8 Å². The Bertz CT molecular complexity index is 2560. The molecule has 0 radical (unpaired) electrons. The van der Waals surface area contributed by atoms with E-state index in [-0.39, 0.29) is 11.1 Å². The Hall–Kier alpha value is -8.10. The van der Waals surface area contributed by atoms with Crippen LogP contribution in [0.15, 0.2) is 91.0 Å². The van der Waals surface area contributed by atoms with E-state index in [1.807, 2.05) is 57.2 Å². The first-order chi connectivity index (χ1) is 28.4. The summed E-state index contributed by atoms with van der Waals surface area (Å²) < 4.78 is 112. The zero-order chi connectivity index (χ0) is 46.7. The van der Waals surface area contributed by atoms with Gasteiger partial charge in [0.2, 0.25) is 0 Å². The first-order valence-electron chi connectivity index (χ1n) is 16.9. The van der Waals surface area contributed by atoms with Gasteiger partial charge in [-0.3, -0.25) is 0 Å². The van der Waals surface area contributed by atoms with Crippen molar-refractivity contribution < 1.29 is 39.5 Å². The molecule has 0 aliphatic rings. The lowest BCUT2D eigenvalue weighted by molar-refractivity contribution is -0.143. The molecular formula is C45H30F9N7. The Morgan fingerprint density at radius 3 is 1.31 bits per heavy atom. The van der Waals surface area contributed by atoms with E-state index in [9.17, 15) is 39.5 Å².